The molecule has 0 aliphatic carbocycles. The Morgan fingerprint density at radius 2 is 1.74 bits per heavy atom. The van der Waals surface area contributed by atoms with E-state index in [1.54, 1.807) is 12.1 Å². The Morgan fingerprint density at radius 3 is 2.40 bits per heavy atom. The first-order valence-electron chi connectivity index (χ1n) is 11.4. The summed E-state index contributed by atoms with van der Waals surface area (Å²) in [7, 11) is 0. The number of nitrogens with one attached hydrogen (secondary N) is 1. The highest BCUT2D eigenvalue weighted by Crippen LogP contribution is 2.38. The average Bonchev–Trinajstić information content (AvgIpc) is 2.86. The maximum atomic E-state index is 13.4. The second kappa shape index (κ2) is 11.1. The molecule has 1 N–H and O–H groups in total. The van der Waals surface area contributed by atoms with E-state index >= 15 is 0 Å². The zero-order valence-corrected chi connectivity index (χ0v) is 19.7. The monoisotopic (exact) mass is 499 g/mol. The highest BCUT2D eigenvalue weighted by Gasteiger charge is 2.32. The van der Waals surface area contributed by atoms with Crippen molar-refractivity contribution in [2.24, 2.45) is 0 Å². The first-order valence-corrected chi connectivity index (χ1v) is 11.7. The number of hydrogen-bond donors (Lipinski definition) is 1. The summed E-state index contributed by atoms with van der Waals surface area (Å²) in [5.41, 5.74) is 1.69. The van der Waals surface area contributed by atoms with Gasteiger partial charge in [0.15, 0.2) is 0 Å². The van der Waals surface area contributed by atoms with Gasteiger partial charge in [-0.2, -0.15) is 13.2 Å². The van der Waals surface area contributed by atoms with Crippen LogP contribution in [0.4, 0.5) is 18.9 Å². The molecule has 1 saturated heterocycles. The number of alkyl halides is 3. The summed E-state index contributed by atoms with van der Waals surface area (Å²) in [5, 5.41) is 3.49. The van der Waals surface area contributed by atoms with E-state index in [0.29, 0.717) is 34.7 Å². The standard InChI is InChI=1S/C27H25ClF3N3O/c28-23-6-3-19(4-7-23)2-1-15-34-16-11-20(12-17-34)24-18-22(27(29,30)31)5-8-25(24)33-26(35)21-9-13-32-14-10-21/h1-10,13-14,18,20H,11-12,15-17H2,(H,33,35)/b2-1+. The largest absolute Gasteiger partial charge is 0.416 e. The van der Waals surface area contributed by atoms with Crippen molar-refractivity contribution < 1.29 is 18.0 Å². The molecule has 1 aliphatic rings. The van der Waals surface area contributed by atoms with E-state index in [1.807, 2.05) is 30.3 Å². The molecule has 182 valence electrons. The van der Waals surface area contributed by atoms with Gasteiger partial charge in [0.1, 0.15) is 0 Å². The molecule has 0 spiro atoms. The summed E-state index contributed by atoms with van der Waals surface area (Å²) in [6.07, 6.45) is 4.06. The van der Waals surface area contributed by atoms with Crippen molar-refractivity contribution in [3.8, 4) is 0 Å². The quantitative estimate of drug-likeness (QED) is 0.401. The smallest absolute Gasteiger partial charge is 0.322 e. The summed E-state index contributed by atoms with van der Waals surface area (Å²) in [6, 6.07) is 14.3. The number of anilines is 1. The third-order valence-electron chi connectivity index (χ3n) is 6.14. The summed E-state index contributed by atoms with van der Waals surface area (Å²) in [5.74, 6) is -0.459. The van der Waals surface area contributed by atoms with Crippen LogP contribution in [0.15, 0.2) is 73.1 Å². The van der Waals surface area contributed by atoms with Crippen LogP contribution in [0.25, 0.3) is 6.08 Å². The van der Waals surface area contributed by atoms with Crippen LogP contribution in [-0.4, -0.2) is 35.4 Å². The van der Waals surface area contributed by atoms with E-state index in [4.69, 9.17) is 11.6 Å². The molecule has 0 radical (unpaired) electrons. The highest BCUT2D eigenvalue weighted by atomic mass is 35.5. The van der Waals surface area contributed by atoms with Crippen molar-refractivity contribution in [1.29, 1.82) is 0 Å². The molecule has 3 aromatic rings. The van der Waals surface area contributed by atoms with Gasteiger partial charge >= 0.3 is 6.18 Å². The van der Waals surface area contributed by atoms with Crippen molar-refractivity contribution >= 4 is 29.3 Å². The van der Waals surface area contributed by atoms with E-state index < -0.39 is 11.7 Å². The fraction of sp³-hybridized carbons (Fsp3) is 0.259. The van der Waals surface area contributed by atoms with Crippen LogP contribution in [0.3, 0.4) is 0 Å². The molecule has 0 atom stereocenters. The van der Waals surface area contributed by atoms with E-state index in [-0.39, 0.29) is 11.8 Å². The molecular weight excluding hydrogens is 475 g/mol. The molecule has 1 fully saturated rings. The van der Waals surface area contributed by atoms with E-state index in [9.17, 15) is 18.0 Å². The number of nitrogens with zero attached hydrogens (tertiary/aromatic N) is 2. The predicted octanol–water partition coefficient (Wildman–Crippen LogP) is 6.90. The minimum Gasteiger partial charge on any atom is -0.322 e. The van der Waals surface area contributed by atoms with Crippen molar-refractivity contribution in [2.45, 2.75) is 24.9 Å². The maximum Gasteiger partial charge on any atom is 0.416 e. The van der Waals surface area contributed by atoms with Crippen LogP contribution in [0, 0.1) is 0 Å². The highest BCUT2D eigenvalue weighted by molar-refractivity contribution is 6.30. The first kappa shape index (κ1) is 24.9. The van der Waals surface area contributed by atoms with Crippen molar-refractivity contribution in [3.63, 3.8) is 0 Å². The fourth-order valence-corrected chi connectivity index (χ4v) is 4.35. The average molecular weight is 500 g/mol. The first-order chi connectivity index (χ1) is 16.8. The van der Waals surface area contributed by atoms with E-state index in [2.05, 4.69) is 21.3 Å². The number of halogens is 4. The van der Waals surface area contributed by atoms with Crippen LogP contribution in [-0.2, 0) is 6.18 Å². The number of pyridine rings is 1. The third kappa shape index (κ3) is 6.71. The second-order valence-corrected chi connectivity index (χ2v) is 8.96. The lowest BCUT2D eigenvalue weighted by Gasteiger charge is -2.32. The van der Waals surface area contributed by atoms with Crippen molar-refractivity contribution in [2.75, 3.05) is 25.0 Å². The van der Waals surface area contributed by atoms with Gasteiger partial charge < -0.3 is 5.32 Å². The number of carbonyl (C=O) groups is 1. The molecule has 2 heterocycles. The molecule has 4 rings (SSSR count). The van der Waals surface area contributed by atoms with Crippen molar-refractivity contribution in [3.05, 3.63) is 100 Å². The molecule has 1 aliphatic heterocycles. The molecular formula is C27H25ClF3N3O. The summed E-state index contributed by atoms with van der Waals surface area (Å²) in [6.45, 7) is 2.26. The lowest BCUT2D eigenvalue weighted by Crippen LogP contribution is -2.33. The van der Waals surface area contributed by atoms with Crippen LogP contribution in [0.5, 0.6) is 0 Å². The Bertz CT molecular complexity index is 1170. The topological polar surface area (TPSA) is 45.2 Å². The lowest BCUT2D eigenvalue weighted by molar-refractivity contribution is -0.137. The van der Waals surface area contributed by atoms with Gasteiger partial charge in [0.2, 0.25) is 0 Å². The molecule has 35 heavy (non-hydrogen) atoms. The van der Waals surface area contributed by atoms with Gasteiger partial charge in [-0.25, -0.2) is 0 Å². The van der Waals surface area contributed by atoms with Crippen LogP contribution < -0.4 is 5.32 Å². The Balaban J connectivity index is 1.45. The molecule has 2 aromatic carbocycles. The number of piperidine rings is 1. The normalized spacial score (nSPS) is 15.4. The molecule has 1 aromatic heterocycles. The molecule has 0 unspecified atom stereocenters. The number of hydrogen-bond acceptors (Lipinski definition) is 3. The van der Waals surface area contributed by atoms with E-state index in [1.165, 1.54) is 24.5 Å². The predicted molar refractivity (Wildman–Crippen MR) is 133 cm³/mol. The number of amides is 1. The number of likely N-dealkylation sites (tertiary alicyclic amines) is 1. The minimum absolute atomic E-state index is 0.0819. The fourth-order valence-electron chi connectivity index (χ4n) is 4.23. The third-order valence-corrected chi connectivity index (χ3v) is 6.39. The number of carbonyl (C=O) groups excluding carboxylic acids is 1. The summed E-state index contributed by atoms with van der Waals surface area (Å²) < 4.78 is 40.3. The van der Waals surface area contributed by atoms with Gasteiger partial charge in [0, 0.05) is 35.2 Å². The number of rotatable bonds is 6. The van der Waals surface area contributed by atoms with Gasteiger partial charge in [-0.05, 0) is 85.4 Å². The van der Waals surface area contributed by atoms with Gasteiger partial charge in [0.05, 0.1) is 5.56 Å². The molecule has 0 bridgehead atoms. The summed E-state index contributed by atoms with van der Waals surface area (Å²) in [4.78, 5) is 18.8. The van der Waals surface area contributed by atoms with Gasteiger partial charge in [-0.15, -0.1) is 0 Å². The zero-order chi connectivity index (χ0) is 24.8. The SMILES string of the molecule is O=C(Nc1ccc(C(F)(F)F)cc1C1CCN(C/C=C/c2ccc(Cl)cc2)CC1)c1ccncc1. The second-order valence-electron chi connectivity index (χ2n) is 8.52. The van der Waals surface area contributed by atoms with Crippen LogP contribution in [0.2, 0.25) is 5.02 Å². The van der Waals surface area contributed by atoms with Gasteiger partial charge in [-0.1, -0.05) is 35.9 Å². The lowest BCUT2D eigenvalue weighted by atomic mass is 9.87. The van der Waals surface area contributed by atoms with Gasteiger partial charge in [-0.3, -0.25) is 14.7 Å². The van der Waals surface area contributed by atoms with Gasteiger partial charge in [0.25, 0.3) is 5.91 Å². The Morgan fingerprint density at radius 1 is 1.06 bits per heavy atom. The summed E-state index contributed by atoms with van der Waals surface area (Å²) >= 11 is 5.92. The van der Waals surface area contributed by atoms with Crippen molar-refractivity contribution in [1.82, 2.24) is 9.88 Å². The molecule has 4 nitrogen and oxygen atoms in total. The van der Waals surface area contributed by atoms with Crippen LogP contribution >= 0.6 is 11.6 Å². The maximum absolute atomic E-state index is 13.4. The Kier molecular flexibility index (Phi) is 7.88. The Hall–Kier alpha value is -3.16. The molecule has 0 saturated carbocycles. The molecule has 8 heteroatoms. The number of aromatic nitrogens is 1. The zero-order valence-electron chi connectivity index (χ0n) is 18.9. The van der Waals surface area contributed by atoms with Crippen LogP contribution in [0.1, 0.15) is 45.8 Å². The number of benzene rings is 2. The molecule has 1 amide bonds. The minimum atomic E-state index is -4.45. The Labute approximate surface area is 207 Å². The van der Waals surface area contributed by atoms with E-state index in [0.717, 1.165) is 31.3 Å².